The monoisotopic (exact) mass is 812 g/mol. The van der Waals surface area contributed by atoms with Gasteiger partial charge >= 0.3 is 0 Å². The van der Waals surface area contributed by atoms with Crippen molar-refractivity contribution in [2.45, 2.75) is 95.8 Å². The molecule has 1 saturated carbocycles. The number of pyridine rings is 2. The van der Waals surface area contributed by atoms with Crippen LogP contribution in [0.1, 0.15) is 107 Å². The van der Waals surface area contributed by atoms with E-state index in [0.717, 1.165) is 93.9 Å². The van der Waals surface area contributed by atoms with Crippen LogP contribution in [0.3, 0.4) is 0 Å². The third-order valence-corrected chi connectivity index (χ3v) is 13.8. The van der Waals surface area contributed by atoms with Crippen molar-refractivity contribution in [2.24, 2.45) is 5.92 Å². The van der Waals surface area contributed by atoms with Crippen LogP contribution in [0.2, 0.25) is 0 Å². The third-order valence-electron chi connectivity index (χ3n) is 13.8. The molecule has 2 N–H and O–H groups in total. The zero-order chi connectivity index (χ0) is 41.4. The Hall–Kier alpha value is -6.03. The number of hydrogen-bond acceptors (Lipinski definition) is 13. The van der Waals surface area contributed by atoms with Crippen LogP contribution in [-0.2, 0) is 9.59 Å². The van der Waals surface area contributed by atoms with Crippen LogP contribution in [0.15, 0.2) is 47.5 Å². The summed E-state index contributed by atoms with van der Waals surface area (Å²) in [6.07, 6.45) is 11.0. The molecule has 9 heterocycles. The lowest BCUT2D eigenvalue weighted by Crippen LogP contribution is -2.69. The number of piperidine rings is 3. The number of carbonyl (C=O) groups is 5. The summed E-state index contributed by atoms with van der Waals surface area (Å²) in [5.41, 5.74) is 3.69. The van der Waals surface area contributed by atoms with Crippen molar-refractivity contribution in [3.05, 3.63) is 75.3 Å². The quantitative estimate of drug-likeness (QED) is 0.182. The van der Waals surface area contributed by atoms with E-state index < -0.39 is 23.8 Å². The van der Waals surface area contributed by atoms with Crippen molar-refractivity contribution in [2.75, 3.05) is 47.8 Å². The molecule has 3 atom stereocenters. The second kappa shape index (κ2) is 14.9. The Kier molecular flexibility index (Phi) is 9.49. The number of ketones is 1. The van der Waals surface area contributed by atoms with Crippen LogP contribution in [0.5, 0.6) is 0 Å². The van der Waals surface area contributed by atoms with Crippen LogP contribution in [-0.4, -0.2) is 110 Å². The van der Waals surface area contributed by atoms with E-state index in [9.17, 15) is 28.8 Å². The zero-order valence-electron chi connectivity index (χ0n) is 33.9. The highest BCUT2D eigenvalue weighted by molar-refractivity contribution is 6.23. The molecule has 310 valence electrons. The van der Waals surface area contributed by atoms with E-state index in [1.165, 1.54) is 6.92 Å². The number of piperazine rings is 1. The first-order chi connectivity index (χ1) is 29.0. The van der Waals surface area contributed by atoms with Gasteiger partial charge in [-0.25, -0.2) is 9.97 Å². The third kappa shape index (κ3) is 6.51. The molecule has 5 saturated heterocycles. The minimum Gasteiger partial charge on any atom is -0.370 e. The lowest BCUT2D eigenvalue weighted by molar-refractivity contribution is -0.136. The van der Waals surface area contributed by atoms with Crippen molar-refractivity contribution in [1.82, 2.24) is 34.6 Å². The molecular weight excluding hydrogens is 765 g/mol. The fraction of sp³-hybridized carbons (Fsp3) is 0.477. The number of imide groups is 2. The molecule has 3 aromatic heterocycles. The number of Topliss-reactive ketones (excluding diaryl/α,β-unsaturated/α-hetero) is 1. The van der Waals surface area contributed by atoms with Crippen molar-refractivity contribution in [1.29, 1.82) is 0 Å². The van der Waals surface area contributed by atoms with Crippen molar-refractivity contribution < 1.29 is 24.0 Å². The van der Waals surface area contributed by atoms with Crippen LogP contribution in [0.25, 0.3) is 11.0 Å². The molecule has 3 unspecified atom stereocenters. The zero-order valence-corrected chi connectivity index (χ0v) is 33.9. The average molecular weight is 813 g/mol. The molecular formula is C44H48N10O6. The average Bonchev–Trinajstić information content (AvgIpc) is 3.86. The second-order valence-corrected chi connectivity index (χ2v) is 17.4. The molecule has 4 aromatic rings. The van der Waals surface area contributed by atoms with Gasteiger partial charge in [-0.05, 0) is 94.2 Å². The highest BCUT2D eigenvalue weighted by Crippen LogP contribution is 2.39. The van der Waals surface area contributed by atoms with Gasteiger partial charge in [0.05, 0.1) is 28.6 Å². The van der Waals surface area contributed by atoms with Gasteiger partial charge in [-0.15, -0.1) is 0 Å². The number of amides is 4. The summed E-state index contributed by atoms with van der Waals surface area (Å²) in [5.74, 6) is -0.652. The Labute approximate surface area is 346 Å². The Bertz CT molecular complexity index is 2510. The maximum absolute atomic E-state index is 13.6. The summed E-state index contributed by atoms with van der Waals surface area (Å²) in [6.45, 7) is 7.88. The highest BCUT2D eigenvalue weighted by atomic mass is 16.2. The van der Waals surface area contributed by atoms with Gasteiger partial charge in [0, 0.05) is 74.5 Å². The van der Waals surface area contributed by atoms with Gasteiger partial charge in [0.15, 0.2) is 5.78 Å². The van der Waals surface area contributed by atoms with E-state index in [-0.39, 0.29) is 41.7 Å². The summed E-state index contributed by atoms with van der Waals surface area (Å²) in [5, 5.41) is 6.19. The number of aryl methyl sites for hydroxylation is 1. The van der Waals surface area contributed by atoms with E-state index >= 15 is 0 Å². The summed E-state index contributed by atoms with van der Waals surface area (Å²) in [7, 11) is 0. The normalized spacial score (nSPS) is 23.6. The predicted octanol–water partition coefficient (Wildman–Crippen LogP) is 4.14. The van der Waals surface area contributed by atoms with Gasteiger partial charge in [0.2, 0.25) is 17.8 Å². The second-order valence-electron chi connectivity index (χ2n) is 17.4. The molecule has 16 heteroatoms. The molecule has 4 amide bonds. The Balaban J connectivity index is 0.738. The molecule has 16 nitrogen and oxygen atoms in total. The molecule has 1 aliphatic carbocycles. The number of nitrogens with one attached hydrogen (secondary N) is 2. The first-order valence-corrected chi connectivity index (χ1v) is 21.3. The maximum Gasteiger partial charge on any atom is 0.263 e. The van der Waals surface area contributed by atoms with E-state index in [2.05, 4.69) is 36.4 Å². The summed E-state index contributed by atoms with van der Waals surface area (Å²) < 4.78 is 1.72. The van der Waals surface area contributed by atoms with Gasteiger partial charge in [-0.1, -0.05) is 12.8 Å². The molecule has 7 aliphatic rings. The van der Waals surface area contributed by atoms with Crippen molar-refractivity contribution in [3.63, 3.8) is 0 Å². The molecule has 0 radical (unpaired) electrons. The highest BCUT2D eigenvalue weighted by Gasteiger charge is 2.47. The topological polar surface area (TPSA) is 183 Å². The molecule has 2 bridgehead atoms. The minimum absolute atomic E-state index is 0.00749. The number of hydrogen-bond donors (Lipinski definition) is 2. The molecule has 6 aliphatic heterocycles. The van der Waals surface area contributed by atoms with Crippen LogP contribution >= 0.6 is 0 Å². The molecule has 11 rings (SSSR count). The number of anilines is 4. The van der Waals surface area contributed by atoms with Gasteiger partial charge in [0.25, 0.3) is 17.4 Å². The number of aromatic nitrogens is 4. The van der Waals surface area contributed by atoms with E-state index in [4.69, 9.17) is 9.97 Å². The Morgan fingerprint density at radius 1 is 0.833 bits per heavy atom. The first kappa shape index (κ1) is 38.2. The smallest absolute Gasteiger partial charge is 0.263 e. The maximum atomic E-state index is 13.6. The standard InChI is InChI=1S/C44H48N10O6/c1-24-34-20-46-44(49-39(34)53(27-5-3-4-6-27)43(60)38(24)25(2)55)47-36-11-8-29(19-45-36)50-15-13-26(14-16-50)21-52-30-17-31(52)23-51(22-30)28-7-9-32-33(18-28)42(59)54(41(32)58)35-10-12-37(56)48-40(35)57/h7-9,11,18-20,26-27,30-31,35H,3-6,10,12-17,21-23H2,1-2H3,(H,48,56,57)(H,45,46,47,49). The van der Waals surface area contributed by atoms with Crippen molar-refractivity contribution >= 4 is 63.6 Å². The van der Waals surface area contributed by atoms with Gasteiger partial charge in [-0.2, -0.15) is 4.98 Å². The largest absolute Gasteiger partial charge is 0.370 e. The van der Waals surface area contributed by atoms with Gasteiger partial charge in [0.1, 0.15) is 17.5 Å². The lowest BCUT2D eigenvalue weighted by atomic mass is 9.84. The SMILES string of the molecule is CC(=O)c1c(C)c2cnc(Nc3ccc(N4CCC(CN5C6CC5CN(c5ccc7c(c5)C(=O)N(C5CCC(=O)NC5=O)C7=O)C6)CC4)cn3)nc2n(C2CCCC2)c1=O. The Morgan fingerprint density at radius 2 is 1.57 bits per heavy atom. The lowest BCUT2D eigenvalue weighted by Gasteiger charge is -2.58. The Morgan fingerprint density at radius 3 is 2.27 bits per heavy atom. The van der Waals surface area contributed by atoms with E-state index in [0.29, 0.717) is 57.5 Å². The molecule has 0 spiro atoms. The van der Waals surface area contributed by atoms with E-state index in [1.807, 2.05) is 18.3 Å². The fourth-order valence-electron chi connectivity index (χ4n) is 10.6. The minimum atomic E-state index is -0.973. The van der Waals surface area contributed by atoms with Crippen molar-refractivity contribution in [3.8, 4) is 0 Å². The number of nitrogens with zero attached hydrogens (tertiary/aromatic N) is 8. The molecule has 60 heavy (non-hydrogen) atoms. The molecule has 6 fully saturated rings. The number of rotatable bonds is 9. The first-order valence-electron chi connectivity index (χ1n) is 21.3. The number of carbonyl (C=O) groups excluding carboxylic acids is 5. The van der Waals surface area contributed by atoms with Crippen LogP contribution < -0.4 is 26.0 Å². The van der Waals surface area contributed by atoms with Crippen LogP contribution in [0.4, 0.5) is 23.1 Å². The van der Waals surface area contributed by atoms with E-state index in [1.54, 1.807) is 29.8 Å². The van der Waals surface area contributed by atoms with Gasteiger partial charge in [-0.3, -0.25) is 48.5 Å². The predicted molar refractivity (Wildman–Crippen MR) is 223 cm³/mol. The number of benzene rings is 1. The summed E-state index contributed by atoms with van der Waals surface area (Å²) in [6, 6.07) is 9.29. The summed E-state index contributed by atoms with van der Waals surface area (Å²) >= 11 is 0. The molecule has 1 aromatic carbocycles. The number of fused-ring (bicyclic) bond motifs is 4. The fourth-order valence-corrected chi connectivity index (χ4v) is 10.6. The summed E-state index contributed by atoms with van der Waals surface area (Å²) in [4.78, 5) is 99.2. The van der Waals surface area contributed by atoms with Gasteiger partial charge < -0.3 is 15.1 Å². The van der Waals surface area contributed by atoms with Crippen LogP contribution in [0, 0.1) is 12.8 Å².